The number of piperidine rings is 1. The molecule has 6 rings (SSSR count). The number of hydrazone groups is 1. The third-order valence-corrected chi connectivity index (χ3v) is 7.18. The molecule has 0 amide bonds. The van der Waals surface area contributed by atoms with Crippen LogP contribution in [0.3, 0.4) is 0 Å². The molecule has 0 saturated carbocycles. The number of rotatable bonds is 3. The zero-order valence-electron chi connectivity index (χ0n) is 18.6. The molecule has 0 bridgehead atoms. The highest BCUT2D eigenvalue weighted by atomic mass is 16.5. The highest BCUT2D eigenvalue weighted by molar-refractivity contribution is 6.02. The van der Waals surface area contributed by atoms with Crippen molar-refractivity contribution in [2.75, 3.05) is 13.1 Å². The van der Waals surface area contributed by atoms with Crippen molar-refractivity contribution in [3.63, 3.8) is 0 Å². The Balaban J connectivity index is 1.29. The predicted molar refractivity (Wildman–Crippen MR) is 128 cm³/mol. The molecule has 3 heterocycles. The first-order valence-electron chi connectivity index (χ1n) is 11.7. The first-order chi connectivity index (χ1) is 15.7. The van der Waals surface area contributed by atoms with Gasteiger partial charge < -0.3 is 4.74 Å². The second kappa shape index (κ2) is 7.79. The van der Waals surface area contributed by atoms with Crippen LogP contribution in [0, 0.1) is 6.92 Å². The van der Waals surface area contributed by atoms with E-state index < -0.39 is 0 Å². The van der Waals surface area contributed by atoms with E-state index in [-0.39, 0.29) is 11.8 Å². The Labute approximate surface area is 190 Å². The van der Waals surface area contributed by atoms with E-state index in [1.807, 2.05) is 0 Å². The summed E-state index contributed by atoms with van der Waals surface area (Å²) in [6.07, 6.45) is 2.84. The molecule has 3 aliphatic rings. The number of fused-ring (bicyclic) bond motifs is 4. The first kappa shape index (κ1) is 19.6. The van der Waals surface area contributed by atoms with Crippen molar-refractivity contribution in [3.05, 3.63) is 101 Å². The molecule has 4 heteroatoms. The minimum atomic E-state index is -0.362. The van der Waals surface area contributed by atoms with Gasteiger partial charge in [0.15, 0.2) is 0 Å². The molecule has 0 aromatic heterocycles. The van der Waals surface area contributed by atoms with Crippen LogP contribution >= 0.6 is 0 Å². The van der Waals surface area contributed by atoms with E-state index in [9.17, 15) is 0 Å². The van der Waals surface area contributed by atoms with Gasteiger partial charge in [0.2, 0.25) is 5.72 Å². The van der Waals surface area contributed by atoms with E-state index in [1.54, 1.807) is 0 Å². The summed E-state index contributed by atoms with van der Waals surface area (Å²) in [6, 6.07) is 28.3. The third-order valence-electron chi connectivity index (χ3n) is 7.18. The summed E-state index contributed by atoms with van der Waals surface area (Å²) < 4.78 is 6.77. The van der Waals surface area contributed by atoms with Gasteiger partial charge in [-0.15, -0.1) is 0 Å². The molecular formula is C28H29N3O. The molecule has 4 nitrogen and oxygen atoms in total. The Bertz CT molecular complexity index is 1130. The van der Waals surface area contributed by atoms with Crippen LogP contribution in [0.1, 0.15) is 47.6 Å². The highest BCUT2D eigenvalue weighted by Gasteiger charge is 2.51. The van der Waals surface area contributed by atoms with Crippen molar-refractivity contribution >= 4 is 5.71 Å². The van der Waals surface area contributed by atoms with Gasteiger partial charge in [-0.2, -0.15) is 5.10 Å². The number of aryl methyl sites for hydroxylation is 1. The second-order valence-electron chi connectivity index (χ2n) is 9.33. The number of nitrogens with zero attached hydrogens (tertiary/aromatic N) is 3. The molecule has 0 N–H and O–H groups in total. The molecule has 3 aromatic rings. The molecule has 3 aromatic carbocycles. The van der Waals surface area contributed by atoms with Crippen LogP contribution < -0.4 is 4.74 Å². The molecule has 1 atom stereocenters. The van der Waals surface area contributed by atoms with Crippen molar-refractivity contribution < 1.29 is 4.74 Å². The van der Waals surface area contributed by atoms with Crippen LogP contribution in [0.5, 0.6) is 5.75 Å². The number of likely N-dealkylation sites (tertiary alicyclic amines) is 1. The Hall–Kier alpha value is -3.11. The van der Waals surface area contributed by atoms with Crippen molar-refractivity contribution in [2.24, 2.45) is 5.10 Å². The van der Waals surface area contributed by atoms with Crippen LogP contribution in [0.4, 0.5) is 0 Å². The second-order valence-corrected chi connectivity index (χ2v) is 9.33. The van der Waals surface area contributed by atoms with Gasteiger partial charge in [-0.1, -0.05) is 78.4 Å². The number of hydrogen-bond acceptors (Lipinski definition) is 4. The lowest BCUT2D eigenvalue weighted by Crippen LogP contribution is -2.59. The van der Waals surface area contributed by atoms with Crippen LogP contribution in [0.25, 0.3) is 0 Å². The maximum absolute atomic E-state index is 6.77. The highest BCUT2D eigenvalue weighted by Crippen LogP contribution is 2.49. The van der Waals surface area contributed by atoms with E-state index in [0.717, 1.165) is 44.6 Å². The Morgan fingerprint density at radius 2 is 1.62 bits per heavy atom. The van der Waals surface area contributed by atoms with Crippen molar-refractivity contribution in [2.45, 2.75) is 44.5 Å². The molecule has 0 radical (unpaired) electrons. The first-order valence-corrected chi connectivity index (χ1v) is 11.7. The van der Waals surface area contributed by atoms with Crippen molar-refractivity contribution in [3.8, 4) is 5.75 Å². The molecule has 0 aliphatic carbocycles. The van der Waals surface area contributed by atoms with Gasteiger partial charge in [-0.05, 0) is 24.1 Å². The SMILES string of the molecule is Cc1ccc(C2=NN3[C@H](C2)c2ccccc2OC32CCN(Cc3ccccc3)CC2)cc1. The Morgan fingerprint density at radius 1 is 0.906 bits per heavy atom. The van der Waals surface area contributed by atoms with Crippen LogP contribution in [0.15, 0.2) is 84.0 Å². The largest absolute Gasteiger partial charge is 0.466 e. The summed E-state index contributed by atoms with van der Waals surface area (Å²) in [4.78, 5) is 2.54. The Kier molecular flexibility index (Phi) is 4.76. The predicted octanol–water partition coefficient (Wildman–Crippen LogP) is 5.53. The lowest BCUT2D eigenvalue weighted by Gasteiger charge is -2.51. The quantitative estimate of drug-likeness (QED) is 0.554. The van der Waals surface area contributed by atoms with Crippen LogP contribution in [-0.2, 0) is 6.54 Å². The standard InChI is InChI=1S/C28H29N3O/c1-21-11-13-23(14-12-21)25-19-26-24-9-5-6-10-27(24)32-28(31(26)29-25)15-17-30(18-16-28)20-22-7-3-2-4-8-22/h2-14,26H,15-20H2,1H3/t26-/m1/s1. The topological polar surface area (TPSA) is 28.1 Å². The number of ether oxygens (including phenoxy) is 1. The van der Waals surface area contributed by atoms with E-state index in [1.165, 1.54) is 28.0 Å². The molecule has 162 valence electrons. The van der Waals surface area contributed by atoms with Crippen molar-refractivity contribution in [1.82, 2.24) is 9.91 Å². The molecule has 0 unspecified atom stereocenters. The zero-order chi connectivity index (χ0) is 21.5. The number of para-hydroxylation sites is 1. The summed E-state index contributed by atoms with van der Waals surface area (Å²) in [6.45, 7) is 5.14. The van der Waals surface area contributed by atoms with E-state index in [2.05, 4.69) is 95.7 Å². The summed E-state index contributed by atoms with van der Waals surface area (Å²) in [5.41, 5.74) is 5.94. The fourth-order valence-electron chi connectivity index (χ4n) is 5.38. The maximum atomic E-state index is 6.77. The minimum absolute atomic E-state index is 0.247. The average Bonchev–Trinajstić information content (AvgIpc) is 3.29. The van der Waals surface area contributed by atoms with E-state index in [4.69, 9.17) is 9.84 Å². The molecule has 3 aliphatic heterocycles. The molecule has 1 fully saturated rings. The third kappa shape index (κ3) is 3.39. The van der Waals surface area contributed by atoms with Crippen LogP contribution in [0.2, 0.25) is 0 Å². The summed E-state index contributed by atoms with van der Waals surface area (Å²) in [5, 5.41) is 7.51. The van der Waals surface area contributed by atoms with Gasteiger partial charge in [-0.25, -0.2) is 5.01 Å². The summed E-state index contributed by atoms with van der Waals surface area (Å²) in [7, 11) is 0. The van der Waals surface area contributed by atoms with Crippen molar-refractivity contribution in [1.29, 1.82) is 0 Å². The van der Waals surface area contributed by atoms with Gasteiger partial charge in [0.25, 0.3) is 0 Å². The van der Waals surface area contributed by atoms with E-state index in [0.29, 0.717) is 0 Å². The Morgan fingerprint density at radius 3 is 2.41 bits per heavy atom. The molecule has 32 heavy (non-hydrogen) atoms. The normalized spacial score (nSPS) is 21.6. The molecule has 1 saturated heterocycles. The smallest absolute Gasteiger partial charge is 0.200 e. The fourth-order valence-corrected chi connectivity index (χ4v) is 5.38. The summed E-state index contributed by atoms with van der Waals surface area (Å²) in [5.74, 6) is 1.03. The fraction of sp³-hybridized carbons (Fsp3) is 0.321. The summed E-state index contributed by atoms with van der Waals surface area (Å²) >= 11 is 0. The van der Waals surface area contributed by atoms with E-state index >= 15 is 0 Å². The molecular weight excluding hydrogens is 394 g/mol. The molecule has 1 spiro atoms. The van der Waals surface area contributed by atoms with Gasteiger partial charge in [0.05, 0.1) is 11.8 Å². The van der Waals surface area contributed by atoms with Gasteiger partial charge in [0, 0.05) is 44.5 Å². The monoisotopic (exact) mass is 423 g/mol. The van der Waals surface area contributed by atoms with Gasteiger partial charge in [0.1, 0.15) is 5.75 Å². The number of benzene rings is 3. The van der Waals surface area contributed by atoms with Crippen LogP contribution in [-0.4, -0.2) is 34.4 Å². The van der Waals surface area contributed by atoms with Gasteiger partial charge in [-0.3, -0.25) is 4.90 Å². The average molecular weight is 424 g/mol. The lowest BCUT2D eigenvalue weighted by atomic mass is 9.90. The lowest BCUT2D eigenvalue weighted by molar-refractivity contribution is -0.150. The van der Waals surface area contributed by atoms with Gasteiger partial charge >= 0.3 is 0 Å². The zero-order valence-corrected chi connectivity index (χ0v) is 18.6. The maximum Gasteiger partial charge on any atom is 0.200 e. The minimum Gasteiger partial charge on any atom is -0.466 e. The number of hydrogen-bond donors (Lipinski definition) is 0.